The van der Waals surface area contributed by atoms with Gasteiger partial charge in [0.2, 0.25) is 0 Å². The Morgan fingerprint density at radius 2 is 1.66 bits per heavy atom. The third kappa shape index (κ3) is 4.38. The van der Waals surface area contributed by atoms with Crippen LogP contribution in [0.3, 0.4) is 0 Å². The first-order chi connectivity index (χ1) is 13.9. The van der Waals surface area contributed by atoms with Gasteiger partial charge in [0.25, 0.3) is 17.5 Å². The Kier molecular flexibility index (Phi) is 5.54. The van der Waals surface area contributed by atoms with Gasteiger partial charge in [-0.1, -0.05) is 24.3 Å². The standard InChI is InChI=1S/C21H18N4O4/c1-13-16(21(27)23-15-6-3-2-4-7-15)8-5-9-18(13)24-20(26)14-10-11-17(22)19(12-14)25(28)29/h2-12H,22H2,1H3,(H,23,27)(H,24,26). The van der Waals surface area contributed by atoms with Crippen molar-refractivity contribution in [2.75, 3.05) is 16.4 Å². The number of carbonyl (C=O) groups excluding carboxylic acids is 2. The lowest BCUT2D eigenvalue weighted by Gasteiger charge is -2.13. The van der Waals surface area contributed by atoms with Crippen LogP contribution in [0.25, 0.3) is 0 Å². The summed E-state index contributed by atoms with van der Waals surface area (Å²) in [4.78, 5) is 35.5. The van der Waals surface area contributed by atoms with Crippen LogP contribution < -0.4 is 16.4 Å². The van der Waals surface area contributed by atoms with Gasteiger partial charge >= 0.3 is 0 Å². The molecule has 3 aromatic rings. The summed E-state index contributed by atoms with van der Waals surface area (Å²) in [6.07, 6.45) is 0. The Morgan fingerprint density at radius 3 is 2.34 bits per heavy atom. The molecule has 0 unspecified atom stereocenters. The van der Waals surface area contributed by atoms with Gasteiger partial charge in [0.1, 0.15) is 5.69 Å². The number of para-hydroxylation sites is 1. The first-order valence-electron chi connectivity index (χ1n) is 8.68. The number of carbonyl (C=O) groups is 2. The average molecular weight is 390 g/mol. The van der Waals surface area contributed by atoms with E-state index in [2.05, 4.69) is 10.6 Å². The fourth-order valence-electron chi connectivity index (χ4n) is 2.77. The molecule has 0 saturated carbocycles. The summed E-state index contributed by atoms with van der Waals surface area (Å²) in [6, 6.07) is 17.8. The minimum absolute atomic E-state index is 0.0256. The molecule has 3 rings (SSSR count). The molecule has 0 bridgehead atoms. The first-order valence-corrected chi connectivity index (χ1v) is 8.68. The Morgan fingerprint density at radius 1 is 0.931 bits per heavy atom. The van der Waals surface area contributed by atoms with Gasteiger partial charge in [0.15, 0.2) is 0 Å². The molecule has 0 aromatic heterocycles. The van der Waals surface area contributed by atoms with Crippen molar-refractivity contribution in [2.24, 2.45) is 0 Å². The second kappa shape index (κ2) is 8.22. The number of nitrogen functional groups attached to an aromatic ring is 1. The molecular formula is C21H18N4O4. The van der Waals surface area contributed by atoms with E-state index in [4.69, 9.17) is 5.73 Å². The molecule has 29 heavy (non-hydrogen) atoms. The number of hydrogen-bond acceptors (Lipinski definition) is 5. The third-order valence-corrected chi connectivity index (χ3v) is 4.35. The van der Waals surface area contributed by atoms with Gasteiger partial charge in [0.05, 0.1) is 4.92 Å². The third-order valence-electron chi connectivity index (χ3n) is 4.35. The number of rotatable bonds is 5. The Labute approximate surface area is 166 Å². The van der Waals surface area contributed by atoms with E-state index < -0.39 is 10.8 Å². The molecule has 8 nitrogen and oxygen atoms in total. The van der Waals surface area contributed by atoms with Gasteiger partial charge in [-0.05, 0) is 48.9 Å². The van der Waals surface area contributed by atoms with E-state index in [0.29, 0.717) is 22.5 Å². The second-order valence-electron chi connectivity index (χ2n) is 6.28. The molecule has 3 aromatic carbocycles. The van der Waals surface area contributed by atoms with Crippen LogP contribution in [0, 0.1) is 17.0 Å². The van der Waals surface area contributed by atoms with Crippen molar-refractivity contribution in [3.8, 4) is 0 Å². The molecule has 0 atom stereocenters. The zero-order valence-electron chi connectivity index (χ0n) is 15.5. The van der Waals surface area contributed by atoms with E-state index in [9.17, 15) is 19.7 Å². The lowest BCUT2D eigenvalue weighted by Crippen LogP contribution is -2.17. The molecule has 2 amide bonds. The zero-order chi connectivity index (χ0) is 21.0. The van der Waals surface area contributed by atoms with Crippen molar-refractivity contribution in [3.63, 3.8) is 0 Å². The summed E-state index contributed by atoms with van der Waals surface area (Å²) in [5.41, 5.74) is 7.33. The number of nitro groups is 1. The zero-order valence-corrected chi connectivity index (χ0v) is 15.5. The number of nitro benzene ring substituents is 1. The average Bonchev–Trinajstić information content (AvgIpc) is 2.70. The lowest BCUT2D eigenvalue weighted by atomic mass is 10.1. The monoisotopic (exact) mass is 390 g/mol. The maximum atomic E-state index is 12.6. The van der Waals surface area contributed by atoms with Crippen molar-refractivity contribution in [3.05, 3.63) is 93.5 Å². The molecule has 0 saturated heterocycles. The highest BCUT2D eigenvalue weighted by Crippen LogP contribution is 2.24. The molecule has 0 spiro atoms. The molecule has 4 N–H and O–H groups in total. The highest BCUT2D eigenvalue weighted by Gasteiger charge is 2.18. The summed E-state index contributed by atoms with van der Waals surface area (Å²) in [5, 5.41) is 16.5. The van der Waals surface area contributed by atoms with Crippen molar-refractivity contribution < 1.29 is 14.5 Å². The molecular weight excluding hydrogens is 372 g/mol. The highest BCUT2D eigenvalue weighted by atomic mass is 16.6. The minimum Gasteiger partial charge on any atom is -0.393 e. The van der Waals surface area contributed by atoms with Gasteiger partial charge in [-0.3, -0.25) is 19.7 Å². The first kappa shape index (κ1) is 19.6. The van der Waals surface area contributed by atoms with E-state index in [0.717, 1.165) is 6.07 Å². The molecule has 146 valence electrons. The van der Waals surface area contributed by atoms with E-state index >= 15 is 0 Å². The van der Waals surface area contributed by atoms with Gasteiger partial charge in [0, 0.05) is 28.6 Å². The SMILES string of the molecule is Cc1c(NC(=O)c2ccc(N)c([N+](=O)[O-])c2)cccc1C(=O)Nc1ccccc1. The predicted octanol–water partition coefficient (Wildman–Crippen LogP) is 3.99. The molecule has 0 heterocycles. The van der Waals surface area contributed by atoms with Gasteiger partial charge in [-0.15, -0.1) is 0 Å². The van der Waals surface area contributed by atoms with Gasteiger partial charge in [-0.2, -0.15) is 0 Å². The van der Waals surface area contributed by atoms with Crippen LogP contribution in [-0.2, 0) is 0 Å². The van der Waals surface area contributed by atoms with Gasteiger partial charge in [-0.25, -0.2) is 0 Å². The molecule has 8 heteroatoms. The molecule has 0 fully saturated rings. The number of benzene rings is 3. The maximum absolute atomic E-state index is 12.6. The summed E-state index contributed by atoms with van der Waals surface area (Å²) in [6.45, 7) is 1.71. The van der Waals surface area contributed by atoms with Crippen LogP contribution in [0.2, 0.25) is 0 Å². The largest absolute Gasteiger partial charge is 0.393 e. The molecule has 0 aliphatic heterocycles. The summed E-state index contributed by atoms with van der Waals surface area (Å²) in [7, 11) is 0. The van der Waals surface area contributed by atoms with Crippen LogP contribution in [0.1, 0.15) is 26.3 Å². The number of nitrogens with one attached hydrogen (secondary N) is 2. The lowest BCUT2D eigenvalue weighted by molar-refractivity contribution is -0.383. The normalized spacial score (nSPS) is 10.2. The second-order valence-corrected chi connectivity index (χ2v) is 6.28. The fourth-order valence-corrected chi connectivity index (χ4v) is 2.77. The number of nitrogens with zero attached hydrogens (tertiary/aromatic N) is 1. The summed E-state index contributed by atoms with van der Waals surface area (Å²) < 4.78 is 0. The molecule has 0 aliphatic rings. The number of amides is 2. The van der Waals surface area contributed by atoms with Crippen molar-refractivity contribution in [1.29, 1.82) is 0 Å². The van der Waals surface area contributed by atoms with Crippen LogP contribution in [0.15, 0.2) is 66.7 Å². The smallest absolute Gasteiger partial charge is 0.292 e. The summed E-state index contributed by atoms with van der Waals surface area (Å²) >= 11 is 0. The van der Waals surface area contributed by atoms with Crippen molar-refractivity contribution in [1.82, 2.24) is 0 Å². The summed E-state index contributed by atoms with van der Waals surface area (Å²) in [5.74, 6) is -0.857. The van der Waals surface area contributed by atoms with E-state index in [1.807, 2.05) is 18.2 Å². The highest BCUT2D eigenvalue weighted by molar-refractivity contribution is 6.09. The number of hydrogen-bond donors (Lipinski definition) is 3. The van der Waals surface area contributed by atoms with E-state index in [1.54, 1.807) is 37.3 Å². The minimum atomic E-state index is -0.647. The van der Waals surface area contributed by atoms with E-state index in [1.165, 1.54) is 12.1 Å². The Balaban J connectivity index is 1.82. The van der Waals surface area contributed by atoms with Crippen LogP contribution in [0.4, 0.5) is 22.7 Å². The van der Waals surface area contributed by atoms with Crippen LogP contribution in [-0.4, -0.2) is 16.7 Å². The van der Waals surface area contributed by atoms with Crippen molar-refractivity contribution >= 4 is 34.6 Å². The number of nitrogens with two attached hydrogens (primary N) is 1. The number of anilines is 3. The maximum Gasteiger partial charge on any atom is 0.292 e. The quantitative estimate of drug-likeness (QED) is 0.345. The van der Waals surface area contributed by atoms with Crippen LogP contribution >= 0.6 is 0 Å². The Hall–Kier alpha value is -4.20. The molecule has 0 radical (unpaired) electrons. The predicted molar refractivity (Wildman–Crippen MR) is 111 cm³/mol. The van der Waals surface area contributed by atoms with Gasteiger partial charge < -0.3 is 16.4 Å². The van der Waals surface area contributed by atoms with E-state index in [-0.39, 0.29) is 22.8 Å². The topological polar surface area (TPSA) is 127 Å². The van der Waals surface area contributed by atoms with Crippen molar-refractivity contribution in [2.45, 2.75) is 6.92 Å². The fraction of sp³-hybridized carbons (Fsp3) is 0.0476. The van der Waals surface area contributed by atoms with Crippen LogP contribution in [0.5, 0.6) is 0 Å². The Bertz CT molecular complexity index is 1100. The molecule has 0 aliphatic carbocycles.